The molecule has 0 rings (SSSR count). The fourth-order valence-electron chi connectivity index (χ4n) is 2.14. The Morgan fingerprint density at radius 2 is 1.44 bits per heavy atom. The summed E-state index contributed by atoms with van der Waals surface area (Å²) in [5.74, 6) is -0.0923. The van der Waals surface area contributed by atoms with Crippen LogP contribution in [-0.2, 0) is 4.79 Å². The van der Waals surface area contributed by atoms with Gasteiger partial charge in [0.05, 0.1) is 0 Å². The van der Waals surface area contributed by atoms with Gasteiger partial charge in [-0.3, -0.25) is 4.79 Å². The highest BCUT2D eigenvalue weighted by Crippen LogP contribution is 2.26. The highest BCUT2D eigenvalue weighted by molar-refractivity contribution is 5.75. The summed E-state index contributed by atoms with van der Waals surface area (Å²) in [4.78, 5) is 22.3. The monoisotopic (exact) mass is 257 g/mol. The summed E-state index contributed by atoms with van der Waals surface area (Å²) in [6.45, 7) is 12.8. The maximum absolute atomic E-state index is 11.7. The van der Waals surface area contributed by atoms with Crippen molar-refractivity contribution in [3.8, 4) is 0 Å². The molecule has 0 aromatic heterocycles. The average Bonchev–Trinajstić information content (AvgIpc) is 2.06. The number of hydrogen-bond donors (Lipinski definition) is 3. The van der Waals surface area contributed by atoms with E-state index in [1.807, 2.05) is 13.8 Å². The number of urea groups is 1. The van der Waals surface area contributed by atoms with Gasteiger partial charge in [-0.1, -0.05) is 20.8 Å². The Labute approximate surface area is 110 Å². The van der Waals surface area contributed by atoms with Gasteiger partial charge in [-0.15, -0.1) is 0 Å². The Hall–Kier alpha value is -1.26. The largest absolute Gasteiger partial charge is 0.355 e. The lowest BCUT2D eigenvalue weighted by molar-refractivity contribution is -0.118. The maximum atomic E-state index is 11.7. The molecule has 0 saturated heterocycles. The smallest absolute Gasteiger partial charge is 0.315 e. The van der Waals surface area contributed by atoms with Gasteiger partial charge in [0, 0.05) is 25.6 Å². The van der Waals surface area contributed by atoms with Crippen molar-refractivity contribution in [2.24, 2.45) is 5.41 Å². The molecule has 0 bridgehead atoms. The normalized spacial score (nSPS) is 11.9. The highest BCUT2D eigenvalue weighted by atomic mass is 16.2. The second-order valence-corrected chi connectivity index (χ2v) is 6.49. The van der Waals surface area contributed by atoms with Crippen molar-refractivity contribution in [2.75, 3.05) is 13.1 Å². The zero-order valence-electron chi connectivity index (χ0n) is 12.4. The van der Waals surface area contributed by atoms with E-state index in [1.54, 1.807) is 0 Å². The van der Waals surface area contributed by atoms with Crippen LogP contribution in [0.15, 0.2) is 0 Å². The molecule has 5 heteroatoms. The van der Waals surface area contributed by atoms with Crippen LogP contribution in [0, 0.1) is 5.41 Å². The number of rotatable bonds is 5. The summed E-state index contributed by atoms with van der Waals surface area (Å²) in [7, 11) is 0. The summed E-state index contributed by atoms with van der Waals surface area (Å²) < 4.78 is 0. The van der Waals surface area contributed by atoms with E-state index in [9.17, 15) is 9.59 Å². The number of hydrogen-bond acceptors (Lipinski definition) is 2. The second-order valence-electron chi connectivity index (χ2n) is 6.49. The average molecular weight is 257 g/mol. The predicted octanol–water partition coefficient (Wildman–Crippen LogP) is 1.64. The summed E-state index contributed by atoms with van der Waals surface area (Å²) in [5, 5.41) is 8.27. The van der Waals surface area contributed by atoms with Crippen LogP contribution in [0.1, 0.15) is 48.0 Å². The first kappa shape index (κ1) is 16.7. The fourth-order valence-corrected chi connectivity index (χ4v) is 2.14. The van der Waals surface area contributed by atoms with Crippen molar-refractivity contribution in [3.63, 3.8) is 0 Å². The van der Waals surface area contributed by atoms with Crippen LogP contribution >= 0.6 is 0 Å². The van der Waals surface area contributed by atoms with Crippen molar-refractivity contribution in [1.29, 1.82) is 0 Å². The Morgan fingerprint density at radius 1 is 0.944 bits per heavy atom. The molecular weight excluding hydrogens is 230 g/mol. The fraction of sp³-hybridized carbons (Fsp3) is 0.846. The third-order valence-electron chi connectivity index (χ3n) is 2.21. The molecule has 0 fully saturated rings. The Kier molecular flexibility index (Phi) is 6.15. The van der Waals surface area contributed by atoms with Crippen LogP contribution in [0.2, 0.25) is 0 Å². The van der Waals surface area contributed by atoms with Gasteiger partial charge in [-0.2, -0.15) is 0 Å². The Morgan fingerprint density at radius 3 is 1.89 bits per heavy atom. The highest BCUT2D eigenvalue weighted by Gasteiger charge is 2.26. The van der Waals surface area contributed by atoms with Crippen molar-refractivity contribution in [2.45, 2.75) is 53.5 Å². The lowest BCUT2D eigenvalue weighted by atomic mass is 9.82. The molecular formula is C13H27N3O2. The van der Waals surface area contributed by atoms with Crippen LogP contribution in [-0.4, -0.2) is 30.6 Å². The molecule has 18 heavy (non-hydrogen) atoms. The molecule has 0 aromatic carbocycles. The van der Waals surface area contributed by atoms with E-state index in [4.69, 9.17) is 0 Å². The number of amides is 3. The van der Waals surface area contributed by atoms with Gasteiger partial charge in [0.25, 0.3) is 0 Å². The molecule has 0 spiro atoms. The molecule has 0 radical (unpaired) electrons. The molecule has 106 valence electrons. The van der Waals surface area contributed by atoms with E-state index in [0.717, 1.165) is 6.42 Å². The molecule has 0 aliphatic heterocycles. The minimum absolute atomic E-state index is 0.0923. The van der Waals surface area contributed by atoms with E-state index in [2.05, 4.69) is 36.7 Å². The minimum atomic E-state index is -0.254. The first-order valence-corrected chi connectivity index (χ1v) is 6.32. The lowest BCUT2D eigenvalue weighted by Crippen LogP contribution is -2.51. The molecule has 0 heterocycles. The Balaban J connectivity index is 3.96. The van der Waals surface area contributed by atoms with Gasteiger partial charge >= 0.3 is 6.03 Å². The Bertz CT molecular complexity index is 293. The van der Waals surface area contributed by atoms with Gasteiger partial charge < -0.3 is 16.0 Å². The number of nitrogens with one attached hydrogen (secondary N) is 3. The van der Waals surface area contributed by atoms with Crippen molar-refractivity contribution < 1.29 is 9.59 Å². The SMILES string of the molecule is CC(=O)NCCNC(=O)NC(C)(C)CC(C)(C)C. The number of carbonyl (C=O) groups excluding carboxylic acids is 2. The maximum Gasteiger partial charge on any atom is 0.315 e. The molecule has 5 nitrogen and oxygen atoms in total. The van der Waals surface area contributed by atoms with Crippen molar-refractivity contribution in [3.05, 3.63) is 0 Å². The van der Waals surface area contributed by atoms with Crippen molar-refractivity contribution in [1.82, 2.24) is 16.0 Å². The van der Waals surface area contributed by atoms with Crippen LogP contribution < -0.4 is 16.0 Å². The zero-order chi connectivity index (χ0) is 14.4. The molecule has 0 atom stereocenters. The van der Waals surface area contributed by atoms with Crippen LogP contribution in [0.5, 0.6) is 0 Å². The van der Waals surface area contributed by atoms with Gasteiger partial charge in [0.2, 0.25) is 5.91 Å². The van der Waals surface area contributed by atoms with Crippen LogP contribution in [0.25, 0.3) is 0 Å². The molecule has 0 saturated carbocycles. The van der Waals surface area contributed by atoms with Gasteiger partial charge in [-0.05, 0) is 25.7 Å². The summed E-state index contributed by atoms with van der Waals surface area (Å²) in [6.07, 6.45) is 0.888. The zero-order valence-corrected chi connectivity index (χ0v) is 12.4. The van der Waals surface area contributed by atoms with E-state index in [-0.39, 0.29) is 22.9 Å². The van der Waals surface area contributed by atoms with Gasteiger partial charge in [-0.25, -0.2) is 4.79 Å². The van der Waals surface area contributed by atoms with Crippen LogP contribution in [0.3, 0.4) is 0 Å². The first-order chi connectivity index (χ1) is 8.02. The number of carbonyl (C=O) groups is 2. The van der Waals surface area contributed by atoms with E-state index < -0.39 is 0 Å². The minimum Gasteiger partial charge on any atom is -0.355 e. The molecule has 0 aliphatic carbocycles. The predicted molar refractivity (Wildman–Crippen MR) is 73.4 cm³/mol. The lowest BCUT2D eigenvalue weighted by Gasteiger charge is -2.33. The van der Waals surface area contributed by atoms with E-state index in [0.29, 0.717) is 13.1 Å². The molecule has 3 amide bonds. The standard InChI is InChI=1S/C13H27N3O2/c1-10(17)14-7-8-15-11(18)16-13(5,6)9-12(2,3)4/h7-9H2,1-6H3,(H,14,17)(H2,15,16,18). The van der Waals surface area contributed by atoms with E-state index >= 15 is 0 Å². The first-order valence-electron chi connectivity index (χ1n) is 6.32. The third kappa shape index (κ3) is 9.93. The van der Waals surface area contributed by atoms with Gasteiger partial charge in [0.1, 0.15) is 0 Å². The molecule has 0 aromatic rings. The van der Waals surface area contributed by atoms with Crippen molar-refractivity contribution >= 4 is 11.9 Å². The second kappa shape index (κ2) is 6.61. The van der Waals surface area contributed by atoms with E-state index in [1.165, 1.54) is 6.92 Å². The molecule has 3 N–H and O–H groups in total. The quantitative estimate of drug-likeness (QED) is 0.655. The van der Waals surface area contributed by atoms with Gasteiger partial charge in [0.15, 0.2) is 0 Å². The topological polar surface area (TPSA) is 70.2 Å². The summed E-state index contributed by atoms with van der Waals surface area (Å²) in [5.41, 5.74) is -0.0939. The molecule has 0 unspecified atom stereocenters. The third-order valence-corrected chi connectivity index (χ3v) is 2.21. The van der Waals surface area contributed by atoms with Crippen LogP contribution in [0.4, 0.5) is 4.79 Å². The summed E-state index contributed by atoms with van der Waals surface area (Å²) >= 11 is 0. The summed E-state index contributed by atoms with van der Waals surface area (Å²) in [6, 6.07) is -0.199. The molecule has 0 aliphatic rings.